The molecule has 0 unspecified atom stereocenters. The van der Waals surface area contributed by atoms with E-state index < -0.39 is 0 Å². The van der Waals surface area contributed by atoms with Crippen molar-refractivity contribution >= 4 is 41.0 Å². The third-order valence-electron chi connectivity index (χ3n) is 3.15. The molecule has 20 heavy (non-hydrogen) atoms. The number of nitrogens with two attached hydrogens (primary N) is 1. The van der Waals surface area contributed by atoms with Crippen LogP contribution < -0.4 is 5.73 Å². The highest BCUT2D eigenvalue weighted by Crippen LogP contribution is 2.27. The summed E-state index contributed by atoms with van der Waals surface area (Å²) < 4.78 is 1.80. The van der Waals surface area contributed by atoms with Crippen LogP contribution in [0.4, 0.5) is 5.95 Å². The molecule has 0 fully saturated rings. The van der Waals surface area contributed by atoms with E-state index in [-0.39, 0.29) is 12.4 Å². The first-order valence-electron chi connectivity index (χ1n) is 5.94. The van der Waals surface area contributed by atoms with Gasteiger partial charge < -0.3 is 10.3 Å². The second-order valence-corrected chi connectivity index (χ2v) is 4.92. The number of nitrogens with zero attached hydrogens (tertiary/aromatic N) is 3. The average molecular weight is 309 g/mol. The molecule has 1 aromatic carbocycles. The molecule has 0 saturated heterocycles. The Kier molecular flexibility index (Phi) is 4.16. The van der Waals surface area contributed by atoms with Crippen molar-refractivity contribution < 1.29 is 0 Å². The maximum atomic E-state index is 6.32. The summed E-state index contributed by atoms with van der Waals surface area (Å²) in [7, 11) is 1.86. The molecule has 2 aromatic heterocycles. The first-order chi connectivity index (χ1) is 9.15. The number of hydrogen-bond donors (Lipinski definition) is 1. The molecule has 104 valence electrons. The van der Waals surface area contributed by atoms with Gasteiger partial charge >= 0.3 is 0 Å². The van der Waals surface area contributed by atoms with Crippen LogP contribution in [0.25, 0.3) is 11.0 Å². The number of rotatable bonds is 2. The minimum atomic E-state index is 0. The first kappa shape index (κ1) is 14.6. The largest absolute Gasteiger partial charge is 0.369 e. The first-order valence-corrected chi connectivity index (χ1v) is 6.32. The highest BCUT2D eigenvalue weighted by atomic mass is 35.5. The fourth-order valence-electron chi connectivity index (χ4n) is 2.21. The van der Waals surface area contributed by atoms with Crippen molar-refractivity contribution in [3.8, 4) is 0 Å². The number of hydrogen-bond acceptors (Lipinski definition) is 3. The summed E-state index contributed by atoms with van der Waals surface area (Å²) in [4.78, 5) is 8.43. The molecule has 2 N–H and O–H groups in total. The molecular formula is C14H14Cl2N4. The number of anilines is 1. The Morgan fingerprint density at radius 1 is 1.30 bits per heavy atom. The third-order valence-corrected chi connectivity index (χ3v) is 3.44. The summed E-state index contributed by atoms with van der Waals surface area (Å²) in [6, 6.07) is 7.94. The Balaban J connectivity index is 0.00000147. The fourth-order valence-corrected chi connectivity index (χ4v) is 2.57. The topological polar surface area (TPSA) is 56.7 Å². The maximum absolute atomic E-state index is 6.32. The second-order valence-electron chi connectivity index (χ2n) is 4.51. The highest BCUT2D eigenvalue weighted by molar-refractivity contribution is 6.35. The van der Waals surface area contributed by atoms with Crippen LogP contribution in [-0.2, 0) is 13.5 Å². The third kappa shape index (κ3) is 2.57. The van der Waals surface area contributed by atoms with Crippen molar-refractivity contribution in [2.75, 3.05) is 5.73 Å². The summed E-state index contributed by atoms with van der Waals surface area (Å²) in [6.45, 7) is 0. The van der Waals surface area contributed by atoms with Gasteiger partial charge in [0.2, 0.25) is 5.95 Å². The zero-order chi connectivity index (χ0) is 13.4. The lowest BCUT2D eigenvalue weighted by atomic mass is 10.1. The van der Waals surface area contributed by atoms with Crippen molar-refractivity contribution in [1.29, 1.82) is 0 Å². The standard InChI is InChI=1S/C14H13ClN4.ClH/c1-19-13-11(15)6-10(7-12(13)18-14(19)16)5-9-3-2-4-17-8-9;/h2-4,6-8H,5H2,1H3,(H2,16,18);1H. The molecule has 0 saturated carbocycles. The van der Waals surface area contributed by atoms with Crippen LogP contribution in [0.15, 0.2) is 36.7 Å². The Morgan fingerprint density at radius 3 is 2.80 bits per heavy atom. The molecule has 0 aliphatic rings. The summed E-state index contributed by atoms with van der Waals surface area (Å²) >= 11 is 6.32. The van der Waals surface area contributed by atoms with E-state index in [1.807, 2.05) is 37.5 Å². The molecule has 0 aliphatic carbocycles. The summed E-state index contributed by atoms with van der Waals surface area (Å²) in [5.41, 5.74) is 9.74. The lowest BCUT2D eigenvalue weighted by molar-refractivity contribution is 0.965. The van der Waals surface area contributed by atoms with Crippen LogP contribution in [0.5, 0.6) is 0 Å². The lowest BCUT2D eigenvalue weighted by Gasteiger charge is -2.04. The molecular weight excluding hydrogens is 295 g/mol. The van der Waals surface area contributed by atoms with E-state index >= 15 is 0 Å². The van der Waals surface area contributed by atoms with E-state index in [2.05, 4.69) is 9.97 Å². The van der Waals surface area contributed by atoms with Crippen LogP contribution in [0.3, 0.4) is 0 Å². The Hall–Kier alpha value is -1.78. The van der Waals surface area contributed by atoms with Gasteiger partial charge in [-0.2, -0.15) is 0 Å². The molecule has 3 aromatic rings. The van der Waals surface area contributed by atoms with Gasteiger partial charge in [-0.15, -0.1) is 12.4 Å². The Morgan fingerprint density at radius 2 is 2.10 bits per heavy atom. The molecule has 3 rings (SSSR count). The normalized spacial score (nSPS) is 10.5. The smallest absolute Gasteiger partial charge is 0.200 e. The SMILES string of the molecule is Cl.Cn1c(N)nc2cc(Cc3cccnc3)cc(Cl)c21. The van der Waals surface area contributed by atoms with Crippen molar-refractivity contribution in [3.63, 3.8) is 0 Å². The molecule has 0 atom stereocenters. The number of aryl methyl sites for hydroxylation is 1. The lowest BCUT2D eigenvalue weighted by Crippen LogP contribution is -1.96. The van der Waals surface area contributed by atoms with Gasteiger partial charge in [0.1, 0.15) is 0 Å². The number of benzene rings is 1. The number of halogens is 2. The van der Waals surface area contributed by atoms with Gasteiger partial charge in [-0.3, -0.25) is 4.98 Å². The van der Waals surface area contributed by atoms with Crippen molar-refractivity contribution in [1.82, 2.24) is 14.5 Å². The number of pyridine rings is 1. The molecule has 0 amide bonds. The van der Waals surface area contributed by atoms with Crippen LogP contribution in [0.2, 0.25) is 5.02 Å². The summed E-state index contributed by atoms with van der Waals surface area (Å²) in [5.74, 6) is 0.468. The number of fused-ring (bicyclic) bond motifs is 1. The van der Waals surface area contributed by atoms with E-state index in [0.717, 1.165) is 28.6 Å². The zero-order valence-electron chi connectivity index (χ0n) is 10.9. The summed E-state index contributed by atoms with van der Waals surface area (Å²) in [5, 5.41) is 0.670. The molecule has 0 aliphatic heterocycles. The number of nitrogen functional groups attached to an aromatic ring is 1. The predicted molar refractivity (Wildman–Crippen MR) is 84.4 cm³/mol. The van der Waals surface area contributed by atoms with Crippen LogP contribution in [-0.4, -0.2) is 14.5 Å². The van der Waals surface area contributed by atoms with Gasteiger partial charge in [-0.25, -0.2) is 4.98 Å². The van der Waals surface area contributed by atoms with Crippen LogP contribution in [0, 0.1) is 0 Å². The monoisotopic (exact) mass is 308 g/mol. The molecule has 0 spiro atoms. The molecule has 0 bridgehead atoms. The second kappa shape index (κ2) is 5.69. The van der Waals surface area contributed by atoms with Gasteiger partial charge in [-0.05, 0) is 35.7 Å². The van der Waals surface area contributed by atoms with Crippen LogP contribution >= 0.6 is 24.0 Å². The van der Waals surface area contributed by atoms with Gasteiger partial charge in [-0.1, -0.05) is 17.7 Å². The minimum Gasteiger partial charge on any atom is -0.369 e. The molecule has 6 heteroatoms. The van der Waals surface area contributed by atoms with Gasteiger partial charge in [0.25, 0.3) is 0 Å². The summed E-state index contributed by atoms with van der Waals surface area (Å²) in [6.07, 6.45) is 4.39. The van der Waals surface area contributed by atoms with Crippen molar-refractivity contribution in [3.05, 3.63) is 52.8 Å². The van der Waals surface area contributed by atoms with Crippen molar-refractivity contribution in [2.24, 2.45) is 7.05 Å². The molecule has 2 heterocycles. The fraction of sp³-hybridized carbons (Fsp3) is 0.143. The number of aromatic nitrogens is 3. The molecule has 4 nitrogen and oxygen atoms in total. The predicted octanol–water partition coefficient (Wildman–Crippen LogP) is 3.22. The molecule has 0 radical (unpaired) electrons. The highest BCUT2D eigenvalue weighted by Gasteiger charge is 2.10. The van der Waals surface area contributed by atoms with E-state index in [1.165, 1.54) is 0 Å². The van der Waals surface area contributed by atoms with E-state index in [1.54, 1.807) is 10.8 Å². The average Bonchev–Trinajstić information content (AvgIpc) is 2.66. The van der Waals surface area contributed by atoms with Crippen molar-refractivity contribution in [2.45, 2.75) is 6.42 Å². The van der Waals surface area contributed by atoms with E-state index in [4.69, 9.17) is 17.3 Å². The Bertz CT molecular complexity index is 738. The zero-order valence-corrected chi connectivity index (χ0v) is 12.4. The maximum Gasteiger partial charge on any atom is 0.200 e. The number of imidazole rings is 1. The van der Waals surface area contributed by atoms with Crippen LogP contribution in [0.1, 0.15) is 11.1 Å². The quantitative estimate of drug-likeness (QED) is 0.791. The van der Waals surface area contributed by atoms with E-state index in [0.29, 0.717) is 11.0 Å². The van der Waals surface area contributed by atoms with Gasteiger partial charge in [0, 0.05) is 19.4 Å². The minimum absolute atomic E-state index is 0. The van der Waals surface area contributed by atoms with Gasteiger partial charge in [0.05, 0.1) is 16.1 Å². The van der Waals surface area contributed by atoms with Gasteiger partial charge in [0.15, 0.2) is 0 Å². The van der Waals surface area contributed by atoms with E-state index in [9.17, 15) is 0 Å². The Labute approximate surface area is 128 Å².